The summed E-state index contributed by atoms with van der Waals surface area (Å²) in [7, 11) is -1.62. The molecule has 0 aromatic heterocycles. The van der Waals surface area contributed by atoms with E-state index in [-0.39, 0.29) is 11.9 Å². The maximum Gasteiger partial charge on any atom is 0.253 e. The van der Waals surface area contributed by atoms with Gasteiger partial charge in [0.05, 0.1) is 12.9 Å². The number of amides is 1. The summed E-state index contributed by atoms with van der Waals surface area (Å²) in [6.07, 6.45) is 2.69. The normalized spacial score (nSPS) is 19.2. The molecule has 2 rings (SSSR count). The van der Waals surface area contributed by atoms with Gasteiger partial charge in [0, 0.05) is 31.8 Å². The number of nitrogens with one attached hydrogen (secondary N) is 1. The van der Waals surface area contributed by atoms with Gasteiger partial charge in [0.25, 0.3) is 5.91 Å². The molecule has 1 aromatic rings. The van der Waals surface area contributed by atoms with Gasteiger partial charge in [0.2, 0.25) is 10.0 Å². The first-order chi connectivity index (χ1) is 10.4. The molecule has 0 aliphatic carbocycles. The summed E-state index contributed by atoms with van der Waals surface area (Å²) in [6, 6.07) is 7.09. The van der Waals surface area contributed by atoms with Gasteiger partial charge in [0.15, 0.2) is 0 Å². The van der Waals surface area contributed by atoms with Crippen molar-refractivity contribution in [3.63, 3.8) is 0 Å². The molecule has 0 saturated carbocycles. The zero-order valence-corrected chi connectivity index (χ0v) is 13.7. The summed E-state index contributed by atoms with van der Waals surface area (Å²) in [5.74, 6) is -0.0658. The summed E-state index contributed by atoms with van der Waals surface area (Å²) < 4.78 is 30.3. The SMILES string of the molecule is COCc1ccc(C(=O)N2CCCC(NS(C)(=O)=O)C2)cc1. The first-order valence-corrected chi connectivity index (χ1v) is 9.12. The van der Waals surface area contributed by atoms with E-state index in [1.807, 2.05) is 12.1 Å². The number of benzene rings is 1. The van der Waals surface area contributed by atoms with Crippen LogP contribution >= 0.6 is 0 Å². The molecule has 1 aliphatic rings. The maximum atomic E-state index is 12.5. The van der Waals surface area contributed by atoms with Crippen LogP contribution in [0.2, 0.25) is 0 Å². The van der Waals surface area contributed by atoms with Crippen molar-refractivity contribution in [1.29, 1.82) is 0 Å². The predicted octanol–water partition coefficient (Wildman–Crippen LogP) is 0.987. The van der Waals surface area contributed by atoms with Crippen LogP contribution < -0.4 is 4.72 Å². The molecule has 0 bridgehead atoms. The Bertz CT molecular complexity index is 613. The minimum Gasteiger partial charge on any atom is -0.380 e. The topological polar surface area (TPSA) is 75.7 Å². The molecule has 1 saturated heterocycles. The third kappa shape index (κ3) is 4.79. The Balaban J connectivity index is 2.02. The molecule has 0 spiro atoms. The highest BCUT2D eigenvalue weighted by Crippen LogP contribution is 2.15. The van der Waals surface area contributed by atoms with E-state index in [4.69, 9.17) is 4.74 Å². The molecule has 122 valence electrons. The van der Waals surface area contributed by atoms with Crippen LogP contribution in [0.4, 0.5) is 0 Å². The standard InChI is InChI=1S/C15H22N2O4S/c1-21-11-12-5-7-13(8-6-12)15(18)17-9-3-4-14(10-17)16-22(2,19)20/h5-8,14,16H,3-4,9-11H2,1-2H3. The number of carbonyl (C=O) groups excluding carboxylic acids is 1. The summed E-state index contributed by atoms with van der Waals surface area (Å²) in [4.78, 5) is 14.2. The van der Waals surface area contributed by atoms with Gasteiger partial charge in [-0.25, -0.2) is 13.1 Å². The molecule has 1 N–H and O–H groups in total. The van der Waals surface area contributed by atoms with Crippen LogP contribution in [0.3, 0.4) is 0 Å². The van der Waals surface area contributed by atoms with Crippen molar-refractivity contribution in [2.24, 2.45) is 0 Å². The van der Waals surface area contributed by atoms with Gasteiger partial charge >= 0.3 is 0 Å². The van der Waals surface area contributed by atoms with Crippen molar-refractivity contribution in [1.82, 2.24) is 9.62 Å². The van der Waals surface area contributed by atoms with E-state index in [1.165, 1.54) is 0 Å². The number of hydrogen-bond donors (Lipinski definition) is 1. The quantitative estimate of drug-likeness (QED) is 0.875. The Hall–Kier alpha value is -1.44. The van der Waals surface area contributed by atoms with E-state index < -0.39 is 10.0 Å². The van der Waals surface area contributed by atoms with Crippen LogP contribution in [0.25, 0.3) is 0 Å². The average molecular weight is 326 g/mol. The lowest BCUT2D eigenvalue weighted by Gasteiger charge is -2.32. The minimum absolute atomic E-state index is 0.0658. The van der Waals surface area contributed by atoms with E-state index in [1.54, 1.807) is 24.1 Å². The number of ether oxygens (including phenoxy) is 1. The monoisotopic (exact) mass is 326 g/mol. The number of carbonyl (C=O) groups is 1. The van der Waals surface area contributed by atoms with E-state index >= 15 is 0 Å². The molecule has 1 fully saturated rings. The smallest absolute Gasteiger partial charge is 0.253 e. The van der Waals surface area contributed by atoms with Gasteiger partial charge in [-0.1, -0.05) is 12.1 Å². The first kappa shape index (κ1) is 16.9. The molecule has 1 aliphatic heterocycles. The first-order valence-electron chi connectivity index (χ1n) is 7.23. The van der Waals surface area contributed by atoms with Gasteiger partial charge in [-0.05, 0) is 30.5 Å². The number of rotatable bonds is 5. The van der Waals surface area contributed by atoms with Crippen molar-refractivity contribution in [2.75, 3.05) is 26.5 Å². The number of methoxy groups -OCH3 is 1. The summed E-state index contributed by atoms with van der Waals surface area (Å²) >= 11 is 0. The fourth-order valence-electron chi connectivity index (χ4n) is 2.65. The zero-order chi connectivity index (χ0) is 16.2. The van der Waals surface area contributed by atoms with E-state index in [2.05, 4.69) is 4.72 Å². The molecule has 1 atom stereocenters. The van der Waals surface area contributed by atoms with Crippen molar-refractivity contribution < 1.29 is 17.9 Å². The summed E-state index contributed by atoms with van der Waals surface area (Å²) in [6.45, 7) is 1.57. The average Bonchev–Trinajstić information content (AvgIpc) is 2.46. The molecule has 1 amide bonds. The summed E-state index contributed by atoms with van der Waals surface area (Å²) in [5.41, 5.74) is 1.62. The second kappa shape index (κ2) is 7.21. The van der Waals surface area contributed by atoms with Crippen molar-refractivity contribution in [2.45, 2.75) is 25.5 Å². The fraction of sp³-hybridized carbons (Fsp3) is 0.533. The van der Waals surface area contributed by atoms with Crippen LogP contribution in [0, 0.1) is 0 Å². The molecule has 1 aromatic carbocycles. The Kier molecular flexibility index (Phi) is 5.55. The van der Waals surface area contributed by atoms with E-state index in [9.17, 15) is 13.2 Å². The van der Waals surface area contributed by atoms with Crippen LogP contribution in [0.15, 0.2) is 24.3 Å². The third-order valence-electron chi connectivity index (χ3n) is 3.60. The van der Waals surface area contributed by atoms with Crippen LogP contribution in [-0.4, -0.2) is 51.7 Å². The zero-order valence-electron chi connectivity index (χ0n) is 12.9. The predicted molar refractivity (Wildman–Crippen MR) is 84.1 cm³/mol. The molecule has 1 heterocycles. The van der Waals surface area contributed by atoms with Gasteiger partial charge in [0.1, 0.15) is 0 Å². The van der Waals surface area contributed by atoms with Gasteiger partial charge in [-0.3, -0.25) is 4.79 Å². The van der Waals surface area contributed by atoms with Crippen LogP contribution in [0.5, 0.6) is 0 Å². The van der Waals surface area contributed by atoms with Crippen LogP contribution in [0.1, 0.15) is 28.8 Å². The Labute approximate surface area is 131 Å². The molecule has 22 heavy (non-hydrogen) atoms. The molecule has 6 nitrogen and oxygen atoms in total. The van der Waals surface area contributed by atoms with Crippen molar-refractivity contribution >= 4 is 15.9 Å². The minimum atomic E-state index is -3.25. The van der Waals surface area contributed by atoms with Gasteiger partial charge in [-0.15, -0.1) is 0 Å². The number of likely N-dealkylation sites (tertiary alicyclic amines) is 1. The third-order valence-corrected chi connectivity index (χ3v) is 4.36. The Morgan fingerprint density at radius 3 is 2.64 bits per heavy atom. The number of piperidine rings is 1. The largest absolute Gasteiger partial charge is 0.380 e. The molecular weight excluding hydrogens is 304 g/mol. The Morgan fingerprint density at radius 1 is 1.36 bits per heavy atom. The highest BCUT2D eigenvalue weighted by molar-refractivity contribution is 7.88. The lowest BCUT2D eigenvalue weighted by molar-refractivity contribution is 0.0703. The molecule has 0 radical (unpaired) electrons. The molecular formula is C15H22N2O4S. The fourth-order valence-corrected chi connectivity index (χ4v) is 3.45. The lowest BCUT2D eigenvalue weighted by atomic mass is 10.0. The van der Waals surface area contributed by atoms with E-state index in [0.717, 1.165) is 24.7 Å². The van der Waals surface area contributed by atoms with Gasteiger partial charge in [-0.2, -0.15) is 0 Å². The number of sulfonamides is 1. The summed E-state index contributed by atoms with van der Waals surface area (Å²) in [5, 5.41) is 0. The molecule has 1 unspecified atom stereocenters. The van der Waals surface area contributed by atoms with Gasteiger partial charge < -0.3 is 9.64 Å². The maximum absolute atomic E-state index is 12.5. The van der Waals surface area contributed by atoms with Crippen molar-refractivity contribution in [3.05, 3.63) is 35.4 Å². The van der Waals surface area contributed by atoms with Crippen molar-refractivity contribution in [3.8, 4) is 0 Å². The second-order valence-corrected chi connectivity index (χ2v) is 7.39. The lowest BCUT2D eigenvalue weighted by Crippen LogP contribution is -2.49. The molecule has 7 heteroatoms. The van der Waals surface area contributed by atoms with Crippen LogP contribution in [-0.2, 0) is 21.4 Å². The van der Waals surface area contributed by atoms with E-state index in [0.29, 0.717) is 25.3 Å². The highest BCUT2D eigenvalue weighted by atomic mass is 32.2. The second-order valence-electron chi connectivity index (χ2n) is 5.61. The highest BCUT2D eigenvalue weighted by Gasteiger charge is 2.26. The number of nitrogens with zero attached hydrogens (tertiary/aromatic N) is 1. The number of hydrogen-bond acceptors (Lipinski definition) is 4. The Morgan fingerprint density at radius 2 is 2.05 bits per heavy atom.